The molecule has 1 amide bonds. The number of halogens is 1. The minimum Gasteiger partial charge on any atom is -0.493 e. The molecule has 0 aliphatic carbocycles. The molecule has 0 heterocycles. The van der Waals surface area contributed by atoms with Gasteiger partial charge in [0.2, 0.25) is 0 Å². The zero-order chi connectivity index (χ0) is 19.8. The van der Waals surface area contributed by atoms with Crippen molar-refractivity contribution in [3.8, 4) is 11.5 Å². The number of nitrogens with zero attached hydrogens (tertiary/aromatic N) is 1. The Morgan fingerprint density at radius 2 is 1.86 bits per heavy atom. The standard InChI is InChI=1S/C22H19ClN2O3/c1-27-20-12-6-10-18(14-24-25-22(26)17-8-3-2-4-9-17)21(20)28-15-16-7-5-11-19(23)13-16/h2-14H,15H2,1H3,(H,25,26). The lowest BCUT2D eigenvalue weighted by molar-refractivity contribution is 0.0955. The van der Waals surface area contributed by atoms with E-state index in [1.165, 1.54) is 6.21 Å². The smallest absolute Gasteiger partial charge is 0.271 e. The molecule has 0 atom stereocenters. The summed E-state index contributed by atoms with van der Waals surface area (Å²) in [6.45, 7) is 0.318. The van der Waals surface area contributed by atoms with Crippen LogP contribution in [0.25, 0.3) is 0 Å². The normalized spacial score (nSPS) is 10.6. The highest BCUT2D eigenvalue weighted by atomic mass is 35.5. The molecule has 0 spiro atoms. The number of carbonyl (C=O) groups is 1. The second-order valence-electron chi connectivity index (χ2n) is 5.86. The van der Waals surface area contributed by atoms with Crippen LogP contribution < -0.4 is 14.9 Å². The molecule has 0 fully saturated rings. The van der Waals surface area contributed by atoms with E-state index in [1.54, 1.807) is 37.4 Å². The molecule has 0 aliphatic rings. The Bertz CT molecular complexity index is 975. The zero-order valence-corrected chi connectivity index (χ0v) is 16.0. The monoisotopic (exact) mass is 394 g/mol. The van der Waals surface area contributed by atoms with Crippen LogP contribution >= 0.6 is 11.6 Å². The van der Waals surface area contributed by atoms with Gasteiger partial charge in [0, 0.05) is 16.1 Å². The molecule has 3 aromatic carbocycles. The van der Waals surface area contributed by atoms with Crippen LogP contribution in [0.3, 0.4) is 0 Å². The molecule has 1 N–H and O–H groups in total. The molecule has 3 aromatic rings. The van der Waals surface area contributed by atoms with Gasteiger partial charge in [-0.05, 0) is 42.0 Å². The fourth-order valence-corrected chi connectivity index (χ4v) is 2.76. The van der Waals surface area contributed by atoms with Crippen molar-refractivity contribution >= 4 is 23.7 Å². The Kier molecular flexibility index (Phi) is 6.65. The number of hydrogen-bond acceptors (Lipinski definition) is 4. The van der Waals surface area contributed by atoms with Gasteiger partial charge in [-0.2, -0.15) is 5.10 Å². The fourth-order valence-electron chi connectivity index (χ4n) is 2.55. The minimum atomic E-state index is -0.291. The lowest BCUT2D eigenvalue weighted by Crippen LogP contribution is -2.17. The Balaban J connectivity index is 1.74. The lowest BCUT2D eigenvalue weighted by atomic mass is 10.2. The number of rotatable bonds is 7. The summed E-state index contributed by atoms with van der Waals surface area (Å²) < 4.78 is 11.3. The predicted octanol–water partition coefficient (Wildman–Crippen LogP) is 4.69. The van der Waals surface area contributed by atoms with E-state index < -0.39 is 0 Å². The van der Waals surface area contributed by atoms with Crippen molar-refractivity contribution < 1.29 is 14.3 Å². The average Bonchev–Trinajstić information content (AvgIpc) is 2.73. The first-order valence-corrected chi connectivity index (χ1v) is 8.98. The quantitative estimate of drug-likeness (QED) is 0.467. The van der Waals surface area contributed by atoms with E-state index in [0.29, 0.717) is 34.3 Å². The molecule has 0 unspecified atom stereocenters. The Labute approximate surface area is 168 Å². The highest BCUT2D eigenvalue weighted by molar-refractivity contribution is 6.30. The van der Waals surface area contributed by atoms with E-state index in [4.69, 9.17) is 21.1 Å². The van der Waals surface area contributed by atoms with Crippen LogP contribution in [0.4, 0.5) is 0 Å². The summed E-state index contributed by atoms with van der Waals surface area (Å²) in [5.41, 5.74) is 4.65. The SMILES string of the molecule is COc1cccc(C=NNC(=O)c2ccccc2)c1OCc1cccc(Cl)c1. The van der Waals surface area contributed by atoms with E-state index >= 15 is 0 Å². The summed E-state index contributed by atoms with van der Waals surface area (Å²) in [6, 6.07) is 21.8. The van der Waals surface area contributed by atoms with Gasteiger partial charge in [-0.1, -0.05) is 48.0 Å². The molecule has 5 nitrogen and oxygen atoms in total. The molecule has 6 heteroatoms. The zero-order valence-electron chi connectivity index (χ0n) is 15.3. The van der Waals surface area contributed by atoms with E-state index in [0.717, 1.165) is 5.56 Å². The second kappa shape index (κ2) is 9.58. The Morgan fingerprint density at radius 1 is 1.07 bits per heavy atom. The maximum Gasteiger partial charge on any atom is 0.271 e. The number of amides is 1. The van der Waals surface area contributed by atoms with Crippen LogP contribution in [0.2, 0.25) is 5.02 Å². The van der Waals surface area contributed by atoms with Gasteiger partial charge in [0.1, 0.15) is 6.61 Å². The molecule has 0 aliphatic heterocycles. The average molecular weight is 395 g/mol. The molecule has 0 aromatic heterocycles. The van der Waals surface area contributed by atoms with Crippen molar-refractivity contribution in [1.82, 2.24) is 5.43 Å². The number of benzene rings is 3. The van der Waals surface area contributed by atoms with Gasteiger partial charge in [0.05, 0.1) is 13.3 Å². The predicted molar refractivity (Wildman–Crippen MR) is 110 cm³/mol. The van der Waals surface area contributed by atoms with Gasteiger partial charge in [-0.3, -0.25) is 4.79 Å². The summed E-state index contributed by atoms with van der Waals surface area (Å²) in [7, 11) is 1.57. The Morgan fingerprint density at radius 3 is 2.61 bits per heavy atom. The molecule has 0 saturated heterocycles. The van der Waals surface area contributed by atoms with Gasteiger partial charge >= 0.3 is 0 Å². The first-order chi connectivity index (χ1) is 13.7. The first kappa shape index (κ1) is 19.5. The van der Waals surface area contributed by atoms with Gasteiger partial charge in [0.25, 0.3) is 5.91 Å². The third-order valence-corrected chi connectivity index (χ3v) is 4.14. The van der Waals surface area contributed by atoms with E-state index in [-0.39, 0.29) is 5.91 Å². The van der Waals surface area contributed by atoms with Gasteiger partial charge in [-0.15, -0.1) is 0 Å². The van der Waals surface area contributed by atoms with Crippen molar-refractivity contribution in [2.75, 3.05) is 7.11 Å². The molecule has 0 bridgehead atoms. The lowest BCUT2D eigenvalue weighted by Gasteiger charge is -2.13. The molecule has 3 rings (SSSR count). The van der Waals surface area contributed by atoms with Gasteiger partial charge in [0.15, 0.2) is 11.5 Å². The highest BCUT2D eigenvalue weighted by Crippen LogP contribution is 2.31. The van der Waals surface area contributed by atoms with Gasteiger partial charge < -0.3 is 9.47 Å². The molecular formula is C22H19ClN2O3. The van der Waals surface area contributed by atoms with Crippen molar-refractivity contribution in [3.63, 3.8) is 0 Å². The third-order valence-electron chi connectivity index (χ3n) is 3.91. The fraction of sp³-hybridized carbons (Fsp3) is 0.0909. The van der Waals surface area contributed by atoms with Crippen LogP contribution in [0, 0.1) is 0 Å². The topological polar surface area (TPSA) is 59.9 Å². The van der Waals surface area contributed by atoms with Crippen molar-refractivity contribution in [1.29, 1.82) is 0 Å². The van der Waals surface area contributed by atoms with Gasteiger partial charge in [-0.25, -0.2) is 5.43 Å². The molecule has 28 heavy (non-hydrogen) atoms. The minimum absolute atomic E-state index is 0.291. The Hall–Kier alpha value is -3.31. The molecular weight excluding hydrogens is 376 g/mol. The molecule has 142 valence electrons. The second-order valence-corrected chi connectivity index (χ2v) is 6.30. The number of nitrogens with one attached hydrogen (secondary N) is 1. The highest BCUT2D eigenvalue weighted by Gasteiger charge is 2.10. The number of para-hydroxylation sites is 1. The number of carbonyl (C=O) groups excluding carboxylic acids is 1. The maximum atomic E-state index is 12.1. The summed E-state index contributed by atoms with van der Waals surface area (Å²) in [4.78, 5) is 12.1. The number of ether oxygens (including phenoxy) is 2. The maximum absolute atomic E-state index is 12.1. The van der Waals surface area contributed by atoms with Crippen LogP contribution in [-0.4, -0.2) is 19.2 Å². The summed E-state index contributed by atoms with van der Waals surface area (Å²) in [5, 5.41) is 4.69. The summed E-state index contributed by atoms with van der Waals surface area (Å²) >= 11 is 6.02. The first-order valence-electron chi connectivity index (χ1n) is 8.60. The van der Waals surface area contributed by atoms with Crippen LogP contribution in [-0.2, 0) is 6.61 Å². The van der Waals surface area contributed by atoms with E-state index in [9.17, 15) is 4.79 Å². The third kappa shape index (κ3) is 5.11. The van der Waals surface area contributed by atoms with Crippen molar-refractivity contribution in [3.05, 3.63) is 94.5 Å². The summed E-state index contributed by atoms with van der Waals surface area (Å²) in [6.07, 6.45) is 1.52. The molecule has 0 radical (unpaired) electrons. The largest absolute Gasteiger partial charge is 0.493 e. The number of methoxy groups -OCH3 is 1. The van der Waals surface area contributed by atoms with Crippen LogP contribution in [0.15, 0.2) is 77.9 Å². The molecule has 0 saturated carbocycles. The van der Waals surface area contributed by atoms with Crippen molar-refractivity contribution in [2.24, 2.45) is 5.10 Å². The van der Waals surface area contributed by atoms with E-state index in [2.05, 4.69) is 10.5 Å². The summed E-state index contributed by atoms with van der Waals surface area (Å²) in [5.74, 6) is 0.809. The van der Waals surface area contributed by atoms with Crippen molar-refractivity contribution in [2.45, 2.75) is 6.61 Å². The number of hydrazone groups is 1. The van der Waals surface area contributed by atoms with E-state index in [1.807, 2.05) is 42.5 Å². The number of hydrogen-bond donors (Lipinski definition) is 1. The van der Waals surface area contributed by atoms with Crippen LogP contribution in [0.5, 0.6) is 11.5 Å². The van der Waals surface area contributed by atoms with Crippen LogP contribution in [0.1, 0.15) is 21.5 Å².